The lowest BCUT2D eigenvalue weighted by atomic mass is 10.2. The number of nitro groups is 1. The molecule has 2 aromatic heterocycles. The van der Waals surface area contributed by atoms with Crippen molar-refractivity contribution in [3.63, 3.8) is 0 Å². The Balaban J connectivity index is 1.60. The number of thiazole rings is 1. The fraction of sp³-hybridized carbons (Fsp3) is 0.200. The van der Waals surface area contributed by atoms with E-state index in [4.69, 9.17) is 0 Å². The molecule has 24 heavy (non-hydrogen) atoms. The fourth-order valence-electron chi connectivity index (χ4n) is 2.89. The Morgan fingerprint density at radius 3 is 2.88 bits per heavy atom. The molecule has 1 amide bonds. The van der Waals surface area contributed by atoms with E-state index < -0.39 is 11.0 Å². The van der Waals surface area contributed by atoms with Crippen molar-refractivity contribution in [2.45, 2.75) is 12.5 Å². The molecule has 122 valence electrons. The van der Waals surface area contributed by atoms with Gasteiger partial charge in [-0.05, 0) is 23.5 Å². The van der Waals surface area contributed by atoms with E-state index in [2.05, 4.69) is 10.3 Å². The van der Waals surface area contributed by atoms with E-state index in [0.717, 1.165) is 5.69 Å². The molecule has 1 aliphatic rings. The Morgan fingerprint density at radius 2 is 2.12 bits per heavy atom. The number of nitrogens with zero attached hydrogens (tertiary/aromatic N) is 4. The normalized spacial score (nSPS) is 17.6. The lowest BCUT2D eigenvalue weighted by molar-refractivity contribution is -0.389. The van der Waals surface area contributed by atoms with E-state index >= 15 is 0 Å². The molecular weight excluding hydrogens is 330 g/mol. The molecule has 1 atom stereocenters. The number of para-hydroxylation sites is 1. The Morgan fingerprint density at radius 1 is 1.33 bits per heavy atom. The summed E-state index contributed by atoms with van der Waals surface area (Å²) in [5.74, 6) is -0.107. The molecule has 0 radical (unpaired) electrons. The number of benzene rings is 1. The molecule has 1 aromatic carbocycles. The monoisotopic (exact) mass is 343 g/mol. The van der Waals surface area contributed by atoms with Crippen molar-refractivity contribution in [2.75, 3.05) is 16.8 Å². The Labute approximate surface area is 140 Å². The highest BCUT2D eigenvalue weighted by Crippen LogP contribution is 2.30. The van der Waals surface area contributed by atoms with Gasteiger partial charge in [0, 0.05) is 17.6 Å². The third-order valence-corrected chi connectivity index (χ3v) is 4.75. The van der Waals surface area contributed by atoms with Gasteiger partial charge in [-0.15, -0.1) is 0 Å². The van der Waals surface area contributed by atoms with E-state index in [1.807, 2.05) is 30.3 Å². The zero-order chi connectivity index (χ0) is 16.7. The van der Waals surface area contributed by atoms with Gasteiger partial charge in [0.1, 0.15) is 12.2 Å². The lowest BCUT2D eigenvalue weighted by Gasteiger charge is -2.16. The molecule has 3 aromatic rings. The van der Waals surface area contributed by atoms with Crippen LogP contribution in [0.1, 0.15) is 6.42 Å². The van der Waals surface area contributed by atoms with Gasteiger partial charge in [0.15, 0.2) is 0 Å². The molecule has 1 aliphatic heterocycles. The summed E-state index contributed by atoms with van der Waals surface area (Å²) in [6, 6.07) is 8.86. The lowest BCUT2D eigenvalue weighted by Crippen LogP contribution is -2.33. The van der Waals surface area contributed by atoms with E-state index in [1.54, 1.807) is 16.5 Å². The SMILES string of the molecule is O=C1C(Nc2nc3sccn3c2[N+](=O)[O-])CCN1c1ccccc1. The van der Waals surface area contributed by atoms with Gasteiger partial charge in [0.05, 0.1) is 0 Å². The first-order valence-electron chi connectivity index (χ1n) is 7.38. The molecule has 1 unspecified atom stereocenters. The maximum atomic E-state index is 12.6. The molecular formula is C15H13N5O3S. The van der Waals surface area contributed by atoms with Crippen LogP contribution in [-0.4, -0.2) is 32.8 Å². The summed E-state index contributed by atoms with van der Waals surface area (Å²) in [5.41, 5.74) is 0.826. The standard InChI is InChI=1S/C15H13N5O3S/c21-14-11(6-7-18(14)10-4-2-1-3-5-10)16-12-13(20(22)23)19-8-9-24-15(19)17-12/h1-5,8-9,11,16H,6-7H2. The van der Waals surface area contributed by atoms with Crippen LogP contribution in [0.5, 0.6) is 0 Å². The van der Waals surface area contributed by atoms with Crippen molar-refractivity contribution >= 4 is 39.5 Å². The number of carbonyl (C=O) groups is 1. The number of nitrogens with one attached hydrogen (secondary N) is 1. The maximum Gasteiger partial charge on any atom is 0.372 e. The van der Waals surface area contributed by atoms with Crippen LogP contribution in [0.4, 0.5) is 17.3 Å². The molecule has 8 nitrogen and oxygen atoms in total. The van der Waals surface area contributed by atoms with Gasteiger partial charge in [-0.3, -0.25) is 4.79 Å². The van der Waals surface area contributed by atoms with Crippen LogP contribution < -0.4 is 10.2 Å². The summed E-state index contributed by atoms with van der Waals surface area (Å²) in [7, 11) is 0. The number of hydrogen-bond donors (Lipinski definition) is 1. The van der Waals surface area contributed by atoms with Crippen LogP contribution in [0.3, 0.4) is 0 Å². The van der Waals surface area contributed by atoms with E-state index in [-0.39, 0.29) is 17.5 Å². The van der Waals surface area contributed by atoms with Gasteiger partial charge in [-0.25, -0.2) is 0 Å². The highest BCUT2D eigenvalue weighted by atomic mass is 32.1. The fourth-order valence-corrected chi connectivity index (χ4v) is 3.60. The van der Waals surface area contributed by atoms with Crippen molar-refractivity contribution in [3.8, 4) is 0 Å². The van der Waals surface area contributed by atoms with Gasteiger partial charge >= 0.3 is 5.82 Å². The largest absolute Gasteiger partial charge is 0.372 e. The molecule has 0 aliphatic carbocycles. The summed E-state index contributed by atoms with van der Waals surface area (Å²) in [6.45, 7) is 0.566. The summed E-state index contributed by atoms with van der Waals surface area (Å²) < 4.78 is 1.42. The highest BCUT2D eigenvalue weighted by molar-refractivity contribution is 7.15. The van der Waals surface area contributed by atoms with Crippen molar-refractivity contribution in [3.05, 3.63) is 52.0 Å². The maximum absolute atomic E-state index is 12.6. The summed E-state index contributed by atoms with van der Waals surface area (Å²) in [4.78, 5) is 29.9. The average Bonchev–Trinajstić information content (AvgIpc) is 3.23. The molecule has 9 heteroatoms. The van der Waals surface area contributed by atoms with Crippen molar-refractivity contribution < 1.29 is 9.72 Å². The van der Waals surface area contributed by atoms with Gasteiger partial charge in [-0.2, -0.15) is 9.38 Å². The molecule has 4 rings (SSSR count). The Hall–Kier alpha value is -2.94. The zero-order valence-electron chi connectivity index (χ0n) is 12.5. The van der Waals surface area contributed by atoms with Crippen molar-refractivity contribution in [1.82, 2.24) is 9.38 Å². The molecule has 1 N–H and O–H groups in total. The third-order valence-electron chi connectivity index (χ3n) is 3.99. The predicted octanol–water partition coefficient (Wildman–Crippen LogP) is 2.52. The minimum Gasteiger partial charge on any atom is -0.358 e. The molecule has 0 saturated carbocycles. The van der Waals surface area contributed by atoms with Gasteiger partial charge in [0.2, 0.25) is 11.7 Å². The summed E-state index contributed by atoms with van der Waals surface area (Å²) >= 11 is 1.31. The minimum absolute atomic E-state index is 0.105. The number of hydrogen-bond acceptors (Lipinski definition) is 6. The predicted molar refractivity (Wildman–Crippen MR) is 90.5 cm³/mol. The number of rotatable bonds is 4. The summed E-state index contributed by atoms with van der Waals surface area (Å²) in [5, 5.41) is 16.0. The van der Waals surface area contributed by atoms with E-state index in [0.29, 0.717) is 17.9 Å². The summed E-state index contributed by atoms with van der Waals surface area (Å²) in [6.07, 6.45) is 2.17. The third kappa shape index (κ3) is 2.29. The number of amides is 1. The minimum atomic E-state index is -0.520. The molecule has 0 spiro atoms. The smallest absolute Gasteiger partial charge is 0.358 e. The second kappa shape index (κ2) is 5.60. The Kier molecular flexibility index (Phi) is 3.42. The van der Waals surface area contributed by atoms with Crippen LogP contribution in [0.25, 0.3) is 4.96 Å². The van der Waals surface area contributed by atoms with Crippen LogP contribution in [0.2, 0.25) is 0 Å². The second-order valence-corrected chi connectivity index (χ2v) is 6.28. The van der Waals surface area contributed by atoms with Crippen LogP contribution in [-0.2, 0) is 4.79 Å². The first-order valence-corrected chi connectivity index (χ1v) is 8.26. The van der Waals surface area contributed by atoms with Crippen LogP contribution in [0, 0.1) is 10.1 Å². The van der Waals surface area contributed by atoms with Crippen LogP contribution in [0.15, 0.2) is 41.9 Å². The van der Waals surface area contributed by atoms with Gasteiger partial charge < -0.3 is 20.3 Å². The molecule has 1 fully saturated rings. The van der Waals surface area contributed by atoms with Crippen molar-refractivity contribution in [2.24, 2.45) is 0 Å². The van der Waals surface area contributed by atoms with Gasteiger partial charge in [0.25, 0.3) is 4.96 Å². The number of carbonyl (C=O) groups excluding carboxylic acids is 1. The van der Waals surface area contributed by atoms with E-state index in [9.17, 15) is 14.9 Å². The average molecular weight is 343 g/mol. The molecule has 3 heterocycles. The molecule has 0 bridgehead atoms. The van der Waals surface area contributed by atoms with E-state index in [1.165, 1.54) is 15.7 Å². The number of aromatic nitrogens is 2. The number of fused-ring (bicyclic) bond motifs is 1. The van der Waals surface area contributed by atoms with Gasteiger partial charge in [-0.1, -0.05) is 29.5 Å². The zero-order valence-corrected chi connectivity index (χ0v) is 13.3. The number of anilines is 2. The Bertz CT molecular complexity index is 920. The van der Waals surface area contributed by atoms with Crippen LogP contribution >= 0.6 is 11.3 Å². The first-order chi connectivity index (χ1) is 11.6. The molecule has 1 saturated heterocycles. The van der Waals surface area contributed by atoms with Crippen molar-refractivity contribution in [1.29, 1.82) is 0 Å². The highest BCUT2D eigenvalue weighted by Gasteiger charge is 2.35. The topological polar surface area (TPSA) is 92.8 Å². The first kappa shape index (κ1) is 14.6. The number of imidazole rings is 1. The quantitative estimate of drug-likeness (QED) is 0.580. The second-order valence-electron chi connectivity index (χ2n) is 5.41.